The first-order valence-corrected chi connectivity index (χ1v) is 23.2. The van der Waals surface area contributed by atoms with Crippen molar-refractivity contribution in [3.8, 4) is 22.3 Å². The third kappa shape index (κ3) is 6.66. The van der Waals surface area contributed by atoms with Gasteiger partial charge in [-0.2, -0.15) is 0 Å². The monoisotopic (exact) mass is 908 g/mol. The van der Waals surface area contributed by atoms with Crippen LogP contribution in [0, 0.1) is 0 Å². The Balaban J connectivity index is 1.19. The van der Waals surface area contributed by atoms with Crippen LogP contribution in [0.4, 0.5) is 0 Å². The molecule has 0 spiro atoms. The molecule has 78 heavy (non-hydrogen) atoms. The third-order valence-corrected chi connectivity index (χ3v) is 16.1. The summed E-state index contributed by atoms with van der Waals surface area (Å²) < 4.78 is 0. The van der Waals surface area contributed by atoms with Crippen molar-refractivity contribution in [3.63, 3.8) is 0 Å². The fourth-order valence-corrected chi connectivity index (χ4v) is 12.2. The maximum atomic E-state index is 7.22. The number of rotatable bonds is 4. The predicted molar refractivity (Wildman–Crippen MR) is 365 cm³/mol. The van der Waals surface area contributed by atoms with Gasteiger partial charge in [0.2, 0.25) is 0 Å². The minimum Gasteiger partial charge on any atom is -0.114 e. The molecule has 10 aromatic rings. The first kappa shape index (κ1) is 55.5. The number of hydrogen-bond acceptors (Lipinski definition) is 0. The summed E-state index contributed by atoms with van der Waals surface area (Å²) in [6.45, 7) is 0. The average molecular weight is 903 g/mol. The first-order valence-electron chi connectivity index (χ1n) is 23.2. The second-order valence-electron chi connectivity index (χ2n) is 19.7. The summed E-state index contributed by atoms with van der Waals surface area (Å²) >= 11 is 0. The average Bonchev–Trinajstić information content (AvgIpc) is 3.77. The van der Waals surface area contributed by atoms with Crippen LogP contribution >= 0.6 is 0 Å². The van der Waals surface area contributed by atoms with E-state index in [-0.39, 0.29) is 246 Å². The van der Waals surface area contributed by atoms with E-state index in [2.05, 4.69) is 0 Å². The lowest BCUT2D eigenvalue weighted by atomic mass is 9.55. The van der Waals surface area contributed by atoms with E-state index < -0.39 is 5.92 Å². The second-order valence-corrected chi connectivity index (χ2v) is 19.7. The summed E-state index contributed by atoms with van der Waals surface area (Å²) in [7, 11) is 198. The van der Waals surface area contributed by atoms with E-state index in [1.165, 1.54) is 0 Å². The standard InChI is InChI=1S/C49HB29/c50-21-15(7-5-1-3-11(29(58)23(5)52)41(70)47(76)43(72)13(3)33(62)31(60)9(1)27(56)25(7)54)35(64)36(65)17(21)19-37(66)39(68)20(40(69)38(19)67)18-22(51)16(45(74)49(78)46(18)75)8-6-2-4-12(30(59)24(6)53)42(71)48(77)44(73)14(4)34(63)32(61)10(2)28(57)26(8)55/h15H. The molecule has 58 radical (unpaired) electrons. The summed E-state index contributed by atoms with van der Waals surface area (Å²) in [5, 5.41) is 2.94. The Kier molecular flexibility index (Phi) is 13.0. The molecule has 1 unspecified atom stereocenters. The predicted octanol–water partition coefficient (Wildman–Crippen LogP) is -19.3. The van der Waals surface area contributed by atoms with Gasteiger partial charge in [-0.15, -0.1) is 27.3 Å². The largest absolute Gasteiger partial charge is 0.115 e. The zero-order chi connectivity index (χ0) is 57.3. The van der Waals surface area contributed by atoms with E-state index >= 15 is 0 Å². The molecule has 0 saturated heterocycles. The molecule has 0 nitrogen and oxygen atoms in total. The van der Waals surface area contributed by atoms with Crippen molar-refractivity contribution in [1.82, 2.24) is 0 Å². The summed E-state index contributed by atoms with van der Waals surface area (Å²) in [4.78, 5) is 0. The molecule has 29 heteroatoms. The molecule has 0 bridgehead atoms. The zero-order valence-corrected chi connectivity index (χ0v) is 41.3. The van der Waals surface area contributed by atoms with Crippen LogP contribution in [0.15, 0.2) is 16.4 Å². The highest BCUT2D eigenvalue weighted by Gasteiger charge is 2.35. The summed E-state index contributed by atoms with van der Waals surface area (Å²) in [6.07, 6.45) is 0. The molecule has 0 saturated carbocycles. The molecular formula is C49HB29. The fraction of sp³-hybridized carbons (Fsp3) is 0.0204. The van der Waals surface area contributed by atoms with Crippen molar-refractivity contribution in [1.29, 1.82) is 0 Å². The van der Waals surface area contributed by atoms with E-state index in [0.29, 0.717) is 16.2 Å². The first-order chi connectivity index (χ1) is 36.4. The van der Waals surface area contributed by atoms with Gasteiger partial charge in [-0.3, -0.25) is 0 Å². The minimum atomic E-state index is -1.22. The van der Waals surface area contributed by atoms with Crippen LogP contribution in [0.2, 0.25) is 0 Å². The van der Waals surface area contributed by atoms with Gasteiger partial charge in [-0.1, -0.05) is 131 Å². The Labute approximate surface area is 491 Å². The number of hydrogen-bond donors (Lipinski definition) is 0. The van der Waals surface area contributed by atoms with Gasteiger partial charge >= 0.3 is 0 Å². The normalized spacial score (nSPS) is 14.1. The Bertz CT molecular complexity index is 4570. The molecule has 1 atom stereocenters. The van der Waals surface area contributed by atoms with Gasteiger partial charge in [0.25, 0.3) is 0 Å². The van der Waals surface area contributed by atoms with E-state index in [1.807, 2.05) is 0 Å². The topological polar surface area (TPSA) is 0 Å². The molecule has 11 rings (SSSR count). The van der Waals surface area contributed by atoms with Gasteiger partial charge < -0.3 is 0 Å². The molecular weight excluding hydrogens is 902 g/mol. The van der Waals surface area contributed by atoms with E-state index in [9.17, 15) is 0 Å². The van der Waals surface area contributed by atoms with Crippen LogP contribution in [-0.2, 0) is 0 Å². The van der Waals surface area contributed by atoms with Crippen molar-refractivity contribution >= 4 is 440 Å². The lowest BCUT2D eigenvalue weighted by molar-refractivity contribution is 1.09. The van der Waals surface area contributed by atoms with Crippen molar-refractivity contribution in [3.05, 3.63) is 27.5 Å². The second kappa shape index (κ2) is 18.3. The maximum absolute atomic E-state index is 7.22. The van der Waals surface area contributed by atoms with E-state index in [4.69, 9.17) is 228 Å². The van der Waals surface area contributed by atoms with Crippen LogP contribution in [-0.4, -0.2) is 228 Å². The Morgan fingerprint density at radius 3 is 0.782 bits per heavy atom. The van der Waals surface area contributed by atoms with E-state index in [0.717, 1.165) is 0 Å². The molecule has 284 valence electrons. The Morgan fingerprint density at radius 2 is 0.385 bits per heavy atom. The molecule has 10 aromatic carbocycles. The highest BCUT2D eigenvalue weighted by atomic mass is 14.3. The van der Waals surface area contributed by atoms with Crippen LogP contribution in [0.1, 0.15) is 17.0 Å². The van der Waals surface area contributed by atoms with Crippen molar-refractivity contribution in [2.24, 2.45) is 0 Å². The zero-order valence-electron chi connectivity index (χ0n) is 41.3. The van der Waals surface area contributed by atoms with Crippen LogP contribution in [0.5, 0.6) is 0 Å². The molecule has 0 N–H and O–H groups in total. The highest BCUT2D eigenvalue weighted by molar-refractivity contribution is 6.78. The molecule has 0 heterocycles. The lowest BCUT2D eigenvalue weighted by Crippen LogP contribution is -2.52. The Morgan fingerprint density at radius 1 is 0.154 bits per heavy atom. The Hall–Kier alpha value is -4.36. The molecule has 0 amide bonds. The van der Waals surface area contributed by atoms with Crippen LogP contribution in [0.25, 0.3) is 92.5 Å². The summed E-state index contributed by atoms with van der Waals surface area (Å²) in [6, 6.07) is 0. The summed E-state index contributed by atoms with van der Waals surface area (Å²) in [5.74, 6) is -1.22. The van der Waals surface area contributed by atoms with Crippen LogP contribution in [0.3, 0.4) is 0 Å². The maximum Gasteiger partial charge on any atom is 0.115 e. The third-order valence-electron chi connectivity index (χ3n) is 16.1. The van der Waals surface area contributed by atoms with Crippen LogP contribution < -0.4 is 142 Å². The van der Waals surface area contributed by atoms with Crippen molar-refractivity contribution in [2.45, 2.75) is 5.92 Å². The summed E-state index contributed by atoms with van der Waals surface area (Å²) in [5.41, 5.74) is -2.43. The quantitative estimate of drug-likeness (QED) is 0.122. The lowest BCUT2D eigenvalue weighted by Gasteiger charge is -2.33. The van der Waals surface area contributed by atoms with Gasteiger partial charge in [-0.05, 0) is 104 Å². The number of allylic oxidation sites excluding steroid dienone is 4. The molecule has 0 aliphatic heterocycles. The van der Waals surface area contributed by atoms with Crippen molar-refractivity contribution in [2.75, 3.05) is 0 Å². The van der Waals surface area contributed by atoms with Gasteiger partial charge in [-0.25, -0.2) is 0 Å². The molecule has 0 fully saturated rings. The van der Waals surface area contributed by atoms with Gasteiger partial charge in [0.05, 0.1) is 0 Å². The molecule has 1 aliphatic rings. The fourth-order valence-electron chi connectivity index (χ4n) is 12.2. The molecule has 1 aliphatic carbocycles. The van der Waals surface area contributed by atoms with Crippen molar-refractivity contribution < 1.29 is 0 Å². The highest BCUT2D eigenvalue weighted by Crippen LogP contribution is 2.45. The minimum absolute atomic E-state index is 0.000257. The van der Waals surface area contributed by atoms with Gasteiger partial charge in [0.1, 0.15) is 228 Å². The van der Waals surface area contributed by atoms with Gasteiger partial charge in [0, 0.05) is 5.92 Å². The SMILES string of the molecule is [B]C1=C([B])C(c2c([B])c([B])c3c([B])c([B])c4c([B])c([B])c([B])c5c([B])c([B])c2c3c45)C([B])=C1c1c([B])c([B])c(-c2c([B])c([B])c([B])c(-c3c([B])c([B])c4c([B])c([B])c5c([B])c([B])c([B])c6c([B])c([B])c3c4c56)c2[B])c([B])c1[B]. The van der Waals surface area contributed by atoms with Gasteiger partial charge in [0.15, 0.2) is 0 Å². The number of benzene rings is 10. The van der Waals surface area contributed by atoms with E-state index in [1.54, 1.807) is 0 Å². The molecule has 0 aromatic heterocycles. The smallest absolute Gasteiger partial charge is 0.114 e.